The summed E-state index contributed by atoms with van der Waals surface area (Å²) in [7, 11) is 0. The summed E-state index contributed by atoms with van der Waals surface area (Å²) in [5.41, 5.74) is 1.93. The molecule has 0 saturated heterocycles. The lowest BCUT2D eigenvalue weighted by Crippen LogP contribution is -2.11. The number of nitrogens with one attached hydrogen (secondary N) is 1. The minimum atomic E-state index is -2.60. The largest absolute Gasteiger partial charge is 0.322 e. The maximum Gasteiger partial charge on any atom is 0.289 e. The number of anilines is 1. The maximum absolute atomic E-state index is 12.7. The number of thiazole rings is 1. The van der Waals surface area contributed by atoms with Crippen molar-refractivity contribution in [3.8, 4) is 0 Å². The van der Waals surface area contributed by atoms with Crippen LogP contribution in [0.3, 0.4) is 0 Å². The first kappa shape index (κ1) is 14.6. The zero-order valence-electron chi connectivity index (χ0n) is 12.0. The average Bonchev–Trinajstić information content (AvgIpc) is 3.18. The molecule has 120 valence electrons. The van der Waals surface area contributed by atoms with Crippen LogP contribution in [-0.4, -0.2) is 25.7 Å². The van der Waals surface area contributed by atoms with E-state index in [0.29, 0.717) is 27.0 Å². The molecule has 1 aromatic carbocycles. The summed E-state index contributed by atoms with van der Waals surface area (Å²) in [4.78, 5) is 16.3. The molecular weight excluding hydrogens is 336 g/mol. The van der Waals surface area contributed by atoms with Crippen LogP contribution < -0.4 is 5.32 Å². The van der Waals surface area contributed by atoms with Gasteiger partial charge in [0.15, 0.2) is 5.01 Å². The molecular formula is C15H9F2N5OS. The number of amides is 1. The second-order valence-corrected chi connectivity index (χ2v) is 6.01. The zero-order chi connectivity index (χ0) is 16.7. The van der Waals surface area contributed by atoms with Crippen molar-refractivity contribution in [2.75, 3.05) is 5.32 Å². The predicted molar refractivity (Wildman–Crippen MR) is 85.5 cm³/mol. The summed E-state index contributed by atoms with van der Waals surface area (Å²) in [5, 5.41) is 10.5. The normalized spacial score (nSPS) is 11.5. The third kappa shape index (κ3) is 2.48. The lowest BCUT2D eigenvalue weighted by atomic mass is 10.2. The van der Waals surface area contributed by atoms with Crippen LogP contribution >= 0.6 is 11.3 Å². The van der Waals surface area contributed by atoms with E-state index in [-0.39, 0.29) is 10.9 Å². The number of alkyl halides is 2. The minimum absolute atomic E-state index is 0.234. The number of nitrogens with zero attached hydrogens (tertiary/aromatic N) is 4. The summed E-state index contributed by atoms with van der Waals surface area (Å²) < 4.78 is 27.4. The van der Waals surface area contributed by atoms with Crippen LogP contribution in [0.5, 0.6) is 0 Å². The fourth-order valence-corrected chi connectivity index (χ4v) is 3.18. The maximum atomic E-state index is 12.7. The van der Waals surface area contributed by atoms with Crippen molar-refractivity contribution in [3.05, 3.63) is 53.3 Å². The van der Waals surface area contributed by atoms with Gasteiger partial charge < -0.3 is 5.32 Å². The number of fused-ring (bicyclic) bond motifs is 2. The second kappa shape index (κ2) is 5.60. The molecule has 9 heteroatoms. The van der Waals surface area contributed by atoms with E-state index in [1.807, 2.05) is 0 Å². The van der Waals surface area contributed by atoms with Crippen LogP contribution in [-0.2, 0) is 0 Å². The van der Waals surface area contributed by atoms with Crippen molar-refractivity contribution in [2.24, 2.45) is 0 Å². The van der Waals surface area contributed by atoms with E-state index in [4.69, 9.17) is 0 Å². The Morgan fingerprint density at radius 1 is 1.25 bits per heavy atom. The molecule has 4 aromatic rings. The van der Waals surface area contributed by atoms with Crippen LogP contribution in [0.15, 0.2) is 42.7 Å². The Labute approximate surface area is 137 Å². The topological polar surface area (TPSA) is 72.2 Å². The predicted octanol–water partition coefficient (Wildman–Crippen LogP) is 3.53. The molecule has 3 aromatic heterocycles. The first-order valence-corrected chi connectivity index (χ1v) is 7.72. The van der Waals surface area contributed by atoms with Gasteiger partial charge in [0, 0.05) is 11.9 Å². The van der Waals surface area contributed by atoms with E-state index in [0.717, 1.165) is 11.3 Å². The number of halogens is 2. The van der Waals surface area contributed by atoms with E-state index in [1.165, 1.54) is 10.8 Å². The molecule has 0 saturated carbocycles. The van der Waals surface area contributed by atoms with Crippen molar-refractivity contribution >= 4 is 38.7 Å². The molecule has 4 rings (SSSR count). The summed E-state index contributed by atoms with van der Waals surface area (Å²) in [6.45, 7) is 0. The van der Waals surface area contributed by atoms with Gasteiger partial charge >= 0.3 is 0 Å². The van der Waals surface area contributed by atoms with Gasteiger partial charge in [0.2, 0.25) is 0 Å². The zero-order valence-corrected chi connectivity index (χ0v) is 12.8. The van der Waals surface area contributed by atoms with E-state index in [9.17, 15) is 13.6 Å². The van der Waals surface area contributed by atoms with Crippen molar-refractivity contribution in [3.63, 3.8) is 0 Å². The highest BCUT2D eigenvalue weighted by Crippen LogP contribution is 2.31. The fourth-order valence-electron chi connectivity index (χ4n) is 2.32. The third-order valence-electron chi connectivity index (χ3n) is 3.40. The Bertz CT molecular complexity index is 1060. The minimum Gasteiger partial charge on any atom is -0.322 e. The van der Waals surface area contributed by atoms with Crippen molar-refractivity contribution < 1.29 is 13.6 Å². The third-order valence-corrected chi connectivity index (χ3v) is 4.42. The number of hydrogen-bond acceptors (Lipinski definition) is 5. The van der Waals surface area contributed by atoms with Crippen LogP contribution in [0.1, 0.15) is 21.8 Å². The number of carbonyl (C=O) groups is 1. The van der Waals surface area contributed by atoms with Crippen LogP contribution in [0.4, 0.5) is 14.5 Å². The highest BCUT2D eigenvalue weighted by Gasteiger charge is 2.16. The van der Waals surface area contributed by atoms with Crippen molar-refractivity contribution in [1.82, 2.24) is 19.8 Å². The lowest BCUT2D eigenvalue weighted by Gasteiger charge is -2.03. The molecule has 0 bridgehead atoms. The van der Waals surface area contributed by atoms with Gasteiger partial charge in [0.25, 0.3) is 12.3 Å². The van der Waals surface area contributed by atoms with E-state index >= 15 is 0 Å². The fraction of sp³-hybridized carbons (Fsp3) is 0.0667. The van der Waals surface area contributed by atoms with Crippen molar-refractivity contribution in [2.45, 2.75) is 6.43 Å². The smallest absolute Gasteiger partial charge is 0.289 e. The number of benzene rings is 1. The molecule has 1 N–H and O–H groups in total. The molecule has 0 atom stereocenters. The van der Waals surface area contributed by atoms with Gasteiger partial charge in [-0.25, -0.2) is 13.8 Å². The number of aromatic nitrogens is 4. The Morgan fingerprint density at radius 3 is 2.96 bits per heavy atom. The van der Waals surface area contributed by atoms with E-state index in [1.54, 1.807) is 36.5 Å². The molecule has 1 amide bonds. The van der Waals surface area contributed by atoms with Gasteiger partial charge in [0.1, 0.15) is 5.52 Å². The SMILES string of the molecule is O=C(Nc1ccc2nc(C(F)F)sc2c1)c1cnn2ncccc12. The Hall–Kier alpha value is -2.94. The van der Waals surface area contributed by atoms with Gasteiger partial charge in [-0.15, -0.1) is 11.3 Å². The standard InChI is InChI=1S/C15H9F2N5OS/c16-13(17)15-21-10-4-3-8(6-12(10)24-15)20-14(23)9-7-19-22-11(9)2-1-5-18-22/h1-7,13H,(H,20,23). The van der Waals surface area contributed by atoms with E-state index < -0.39 is 6.43 Å². The summed E-state index contributed by atoms with van der Waals surface area (Å²) in [6, 6.07) is 8.30. The molecule has 0 spiro atoms. The highest BCUT2D eigenvalue weighted by molar-refractivity contribution is 7.18. The first-order chi connectivity index (χ1) is 11.6. The van der Waals surface area contributed by atoms with Gasteiger partial charge in [-0.2, -0.15) is 14.8 Å². The van der Waals surface area contributed by atoms with Crippen LogP contribution in [0, 0.1) is 0 Å². The molecule has 0 radical (unpaired) electrons. The van der Waals surface area contributed by atoms with Crippen LogP contribution in [0.2, 0.25) is 0 Å². The summed E-state index contributed by atoms with van der Waals surface area (Å²) in [6.07, 6.45) is 0.393. The van der Waals surface area contributed by atoms with Crippen molar-refractivity contribution in [1.29, 1.82) is 0 Å². The molecule has 0 aliphatic heterocycles. The lowest BCUT2D eigenvalue weighted by molar-refractivity contribution is 0.102. The molecule has 0 aliphatic carbocycles. The Morgan fingerprint density at radius 2 is 2.12 bits per heavy atom. The number of hydrogen-bond donors (Lipinski definition) is 1. The molecule has 0 aliphatic rings. The van der Waals surface area contributed by atoms with E-state index in [2.05, 4.69) is 20.5 Å². The Balaban J connectivity index is 1.64. The van der Waals surface area contributed by atoms with Gasteiger partial charge in [0.05, 0.1) is 22.0 Å². The van der Waals surface area contributed by atoms with Gasteiger partial charge in [-0.1, -0.05) is 0 Å². The first-order valence-electron chi connectivity index (χ1n) is 6.91. The highest BCUT2D eigenvalue weighted by atomic mass is 32.1. The quantitative estimate of drug-likeness (QED) is 0.616. The molecule has 0 fully saturated rings. The molecule has 0 unspecified atom stereocenters. The molecule has 3 heterocycles. The average molecular weight is 345 g/mol. The number of rotatable bonds is 3. The Kier molecular flexibility index (Phi) is 3.42. The number of carbonyl (C=O) groups excluding carboxylic acids is 1. The summed E-state index contributed by atoms with van der Waals surface area (Å²) in [5.74, 6) is -0.351. The molecule has 6 nitrogen and oxygen atoms in total. The van der Waals surface area contributed by atoms with Crippen LogP contribution in [0.25, 0.3) is 15.7 Å². The second-order valence-electron chi connectivity index (χ2n) is 4.95. The summed E-state index contributed by atoms with van der Waals surface area (Å²) >= 11 is 0.908. The van der Waals surface area contributed by atoms with Gasteiger partial charge in [-0.3, -0.25) is 4.79 Å². The molecule has 24 heavy (non-hydrogen) atoms. The monoisotopic (exact) mass is 345 g/mol. The van der Waals surface area contributed by atoms with Gasteiger partial charge in [-0.05, 0) is 30.3 Å².